The molecule has 0 aromatic carbocycles. The summed E-state index contributed by atoms with van der Waals surface area (Å²) in [5.41, 5.74) is 2.52. The fourth-order valence-corrected chi connectivity index (χ4v) is 2.11. The van der Waals surface area contributed by atoms with Crippen molar-refractivity contribution in [2.45, 2.75) is 39.9 Å². The zero-order valence-electron chi connectivity index (χ0n) is 12.4. The van der Waals surface area contributed by atoms with Crippen LogP contribution in [0.15, 0.2) is 6.07 Å². The van der Waals surface area contributed by atoms with Gasteiger partial charge in [0.2, 0.25) is 0 Å². The first kappa shape index (κ1) is 16.8. The molecule has 0 aliphatic rings. The van der Waals surface area contributed by atoms with Gasteiger partial charge in [0.05, 0.1) is 0 Å². The third-order valence-corrected chi connectivity index (χ3v) is 2.96. The molecule has 1 rings (SSSR count). The van der Waals surface area contributed by atoms with Crippen molar-refractivity contribution in [3.05, 3.63) is 22.9 Å². The van der Waals surface area contributed by atoms with Crippen LogP contribution in [0.5, 0.6) is 0 Å². The van der Waals surface area contributed by atoms with Crippen LogP contribution in [0, 0.1) is 13.8 Å². The number of nitrogens with zero attached hydrogens (tertiary/aromatic N) is 2. The Hall–Kier alpha value is -1.30. The van der Waals surface area contributed by atoms with E-state index in [2.05, 4.69) is 10.3 Å². The summed E-state index contributed by atoms with van der Waals surface area (Å²) in [4.78, 5) is 5.45. The molecule has 0 spiro atoms. The lowest BCUT2D eigenvalue weighted by atomic mass is 10.1. The van der Waals surface area contributed by atoms with E-state index >= 15 is 0 Å². The van der Waals surface area contributed by atoms with Crippen LogP contribution in [0.2, 0.25) is 0 Å². The number of aryl methyl sites for hydroxylation is 2. The Labute approximate surface area is 118 Å². The van der Waals surface area contributed by atoms with Crippen molar-refractivity contribution in [1.29, 1.82) is 0 Å². The van der Waals surface area contributed by atoms with Crippen molar-refractivity contribution in [1.82, 2.24) is 10.3 Å². The number of halogens is 3. The summed E-state index contributed by atoms with van der Waals surface area (Å²) in [5.74, 6) is 0.406. The van der Waals surface area contributed by atoms with E-state index in [0.717, 1.165) is 29.8 Å². The quantitative estimate of drug-likeness (QED) is 0.815. The Morgan fingerprint density at radius 2 is 1.95 bits per heavy atom. The van der Waals surface area contributed by atoms with Gasteiger partial charge in [-0.3, -0.25) is 0 Å². The van der Waals surface area contributed by atoms with Crippen molar-refractivity contribution in [3.63, 3.8) is 0 Å². The monoisotopic (exact) mass is 289 g/mol. The Balaban J connectivity index is 3.02. The molecule has 0 saturated heterocycles. The molecule has 0 saturated carbocycles. The standard InChI is InChI=1S/C14H22F3N3/c1-5-6-18-8-12-10(2)7-11(3)19-13(12)20(4)9-14(15,16)17/h7,18H,5-6,8-9H2,1-4H3. The summed E-state index contributed by atoms with van der Waals surface area (Å²) in [5, 5.41) is 3.22. The van der Waals surface area contributed by atoms with E-state index in [1.807, 2.05) is 19.9 Å². The SMILES string of the molecule is CCCNCc1c(C)cc(C)nc1N(C)CC(F)(F)F. The Bertz CT molecular complexity index is 444. The van der Waals surface area contributed by atoms with Crippen LogP contribution >= 0.6 is 0 Å². The molecule has 0 fully saturated rings. The maximum Gasteiger partial charge on any atom is 0.405 e. The number of hydrogen-bond donors (Lipinski definition) is 1. The lowest BCUT2D eigenvalue weighted by Gasteiger charge is -2.24. The van der Waals surface area contributed by atoms with Crippen molar-refractivity contribution >= 4 is 5.82 Å². The number of rotatable bonds is 6. The Kier molecular flexibility index (Phi) is 5.80. The van der Waals surface area contributed by atoms with Gasteiger partial charge < -0.3 is 10.2 Å². The molecule has 114 valence electrons. The smallest absolute Gasteiger partial charge is 0.350 e. The van der Waals surface area contributed by atoms with E-state index in [1.54, 1.807) is 6.92 Å². The number of hydrogen-bond acceptors (Lipinski definition) is 3. The molecule has 0 atom stereocenters. The fraction of sp³-hybridized carbons (Fsp3) is 0.643. The molecule has 1 heterocycles. The van der Waals surface area contributed by atoms with Crippen LogP contribution in [0.25, 0.3) is 0 Å². The van der Waals surface area contributed by atoms with Crippen LogP contribution in [-0.2, 0) is 6.54 Å². The summed E-state index contributed by atoms with van der Waals surface area (Å²) in [7, 11) is 1.43. The minimum absolute atomic E-state index is 0.406. The molecule has 0 aliphatic carbocycles. The van der Waals surface area contributed by atoms with Gasteiger partial charge in [0.15, 0.2) is 0 Å². The Morgan fingerprint density at radius 1 is 1.30 bits per heavy atom. The van der Waals surface area contributed by atoms with Gasteiger partial charge in [0, 0.05) is 24.8 Å². The summed E-state index contributed by atoms with van der Waals surface area (Å²) in [6, 6.07) is 1.90. The van der Waals surface area contributed by atoms with E-state index < -0.39 is 12.7 Å². The van der Waals surface area contributed by atoms with Crippen LogP contribution in [0.1, 0.15) is 30.2 Å². The molecule has 0 bridgehead atoms. The lowest BCUT2D eigenvalue weighted by Crippen LogP contribution is -2.33. The highest BCUT2D eigenvalue weighted by atomic mass is 19.4. The predicted molar refractivity (Wildman–Crippen MR) is 75.0 cm³/mol. The van der Waals surface area contributed by atoms with Crippen molar-refractivity contribution in [2.24, 2.45) is 0 Å². The second-order valence-electron chi connectivity index (χ2n) is 5.03. The second-order valence-corrected chi connectivity index (χ2v) is 5.03. The molecule has 0 radical (unpaired) electrons. The van der Waals surface area contributed by atoms with Gasteiger partial charge >= 0.3 is 6.18 Å². The van der Waals surface area contributed by atoms with Crippen LogP contribution in [0.3, 0.4) is 0 Å². The van der Waals surface area contributed by atoms with Gasteiger partial charge in [-0.1, -0.05) is 6.92 Å². The second kappa shape index (κ2) is 6.92. The van der Waals surface area contributed by atoms with E-state index in [4.69, 9.17) is 0 Å². The number of anilines is 1. The van der Waals surface area contributed by atoms with Crippen molar-refractivity contribution in [2.75, 3.05) is 25.0 Å². The maximum absolute atomic E-state index is 12.5. The average Bonchev–Trinajstić information content (AvgIpc) is 2.29. The zero-order chi connectivity index (χ0) is 15.3. The molecule has 1 aromatic heterocycles. The third kappa shape index (κ3) is 5.00. The summed E-state index contributed by atoms with van der Waals surface area (Å²) >= 11 is 0. The highest BCUT2D eigenvalue weighted by molar-refractivity contribution is 5.51. The third-order valence-electron chi connectivity index (χ3n) is 2.96. The van der Waals surface area contributed by atoms with Gasteiger partial charge in [-0.15, -0.1) is 0 Å². The molecule has 6 heteroatoms. The predicted octanol–water partition coefficient (Wildman–Crippen LogP) is 3.20. The van der Waals surface area contributed by atoms with E-state index in [0.29, 0.717) is 12.4 Å². The number of aromatic nitrogens is 1. The van der Waals surface area contributed by atoms with Crippen LogP contribution < -0.4 is 10.2 Å². The molecular formula is C14H22F3N3. The topological polar surface area (TPSA) is 28.2 Å². The molecular weight excluding hydrogens is 267 g/mol. The molecule has 1 aromatic rings. The minimum atomic E-state index is -4.23. The van der Waals surface area contributed by atoms with Crippen LogP contribution in [-0.4, -0.2) is 31.3 Å². The Morgan fingerprint density at radius 3 is 2.50 bits per heavy atom. The first-order valence-electron chi connectivity index (χ1n) is 6.70. The summed E-state index contributed by atoms with van der Waals surface area (Å²) < 4.78 is 37.6. The van der Waals surface area contributed by atoms with E-state index in [9.17, 15) is 13.2 Å². The molecule has 0 unspecified atom stereocenters. The molecule has 20 heavy (non-hydrogen) atoms. The first-order chi connectivity index (χ1) is 9.24. The van der Waals surface area contributed by atoms with Gasteiger partial charge in [-0.25, -0.2) is 4.98 Å². The summed E-state index contributed by atoms with van der Waals surface area (Å²) in [6.07, 6.45) is -3.26. The number of nitrogens with one attached hydrogen (secondary N) is 1. The number of alkyl halides is 3. The molecule has 0 aliphatic heterocycles. The highest BCUT2D eigenvalue weighted by Crippen LogP contribution is 2.25. The largest absolute Gasteiger partial charge is 0.405 e. The highest BCUT2D eigenvalue weighted by Gasteiger charge is 2.30. The number of pyridine rings is 1. The van der Waals surface area contributed by atoms with E-state index in [-0.39, 0.29) is 0 Å². The van der Waals surface area contributed by atoms with Crippen LogP contribution in [0.4, 0.5) is 19.0 Å². The first-order valence-corrected chi connectivity index (χ1v) is 6.70. The summed E-state index contributed by atoms with van der Waals surface area (Å²) in [6.45, 7) is 6.11. The van der Waals surface area contributed by atoms with Crippen molar-refractivity contribution < 1.29 is 13.2 Å². The fourth-order valence-electron chi connectivity index (χ4n) is 2.11. The zero-order valence-corrected chi connectivity index (χ0v) is 12.4. The maximum atomic E-state index is 12.5. The minimum Gasteiger partial charge on any atom is -0.350 e. The molecule has 1 N–H and O–H groups in total. The molecule has 0 amide bonds. The van der Waals surface area contributed by atoms with Gasteiger partial charge in [-0.05, 0) is 38.4 Å². The normalized spacial score (nSPS) is 11.8. The van der Waals surface area contributed by atoms with Gasteiger partial charge in [0.25, 0.3) is 0 Å². The van der Waals surface area contributed by atoms with Crippen molar-refractivity contribution in [3.8, 4) is 0 Å². The average molecular weight is 289 g/mol. The van der Waals surface area contributed by atoms with Gasteiger partial charge in [-0.2, -0.15) is 13.2 Å². The molecule has 3 nitrogen and oxygen atoms in total. The van der Waals surface area contributed by atoms with E-state index in [1.165, 1.54) is 11.9 Å². The lowest BCUT2D eigenvalue weighted by molar-refractivity contribution is -0.119. The van der Waals surface area contributed by atoms with Gasteiger partial charge in [0.1, 0.15) is 12.4 Å².